The van der Waals surface area contributed by atoms with Gasteiger partial charge in [-0.15, -0.1) is 0 Å². The summed E-state index contributed by atoms with van der Waals surface area (Å²) in [7, 11) is -3.10. The lowest BCUT2D eigenvalue weighted by Crippen LogP contribution is -2.68. The molecule has 6 rings (SSSR count). The van der Waals surface area contributed by atoms with Crippen LogP contribution in [-0.4, -0.2) is 63.4 Å². The number of hydrogen-bond donors (Lipinski definition) is 0. The van der Waals surface area contributed by atoms with E-state index in [0.29, 0.717) is 11.1 Å². The molecular weight excluding hydrogens is 685 g/mol. The molecule has 5 atom stereocenters. The van der Waals surface area contributed by atoms with Gasteiger partial charge < -0.3 is 23.4 Å². The van der Waals surface area contributed by atoms with Crippen LogP contribution in [-0.2, 0) is 23.4 Å². The highest BCUT2D eigenvalue weighted by atomic mass is 28.4. The summed E-state index contributed by atoms with van der Waals surface area (Å²) in [5, 5.41) is 1.75. The number of esters is 3. The van der Waals surface area contributed by atoms with Crippen LogP contribution in [0.1, 0.15) is 58.8 Å². The van der Waals surface area contributed by atoms with Crippen LogP contribution in [0.5, 0.6) is 0 Å². The van der Waals surface area contributed by atoms with Crippen LogP contribution in [0.4, 0.5) is 0 Å². The first-order valence-corrected chi connectivity index (χ1v) is 19.7. The number of carbonyl (C=O) groups is 3. The van der Waals surface area contributed by atoms with Crippen LogP contribution in [0.25, 0.3) is 0 Å². The van der Waals surface area contributed by atoms with E-state index in [4.69, 9.17) is 23.4 Å². The van der Waals surface area contributed by atoms with E-state index in [1.165, 1.54) is 0 Å². The van der Waals surface area contributed by atoms with Crippen molar-refractivity contribution in [1.29, 1.82) is 0 Å². The monoisotopic (exact) mass is 728 g/mol. The third kappa shape index (κ3) is 8.33. The Morgan fingerprint density at radius 3 is 1.25 bits per heavy atom. The van der Waals surface area contributed by atoms with Crippen molar-refractivity contribution in [2.45, 2.75) is 63.3 Å². The third-order valence-electron chi connectivity index (χ3n) is 9.50. The van der Waals surface area contributed by atoms with Gasteiger partial charge in [-0.25, -0.2) is 14.4 Å². The largest absolute Gasteiger partial charge is 0.452 e. The normalized spacial score (nSPS) is 20.2. The zero-order chi connectivity index (χ0) is 37.4. The fourth-order valence-electron chi connectivity index (χ4n) is 6.94. The van der Waals surface area contributed by atoms with Crippen molar-refractivity contribution in [2.75, 3.05) is 6.61 Å². The van der Waals surface area contributed by atoms with Crippen LogP contribution in [0, 0.1) is 0 Å². The summed E-state index contributed by atoms with van der Waals surface area (Å²) in [4.78, 5) is 41.1. The first kappa shape index (κ1) is 37.4. The van der Waals surface area contributed by atoms with Crippen molar-refractivity contribution in [3.05, 3.63) is 168 Å². The Balaban J connectivity index is 1.43. The van der Waals surface area contributed by atoms with Gasteiger partial charge in [0.2, 0.25) is 0 Å². The fourth-order valence-corrected chi connectivity index (χ4v) is 11.5. The molecule has 1 saturated heterocycles. The van der Waals surface area contributed by atoms with Crippen molar-refractivity contribution < 1.29 is 37.8 Å². The predicted octanol–water partition coefficient (Wildman–Crippen LogP) is 7.03. The van der Waals surface area contributed by atoms with Gasteiger partial charge in [-0.1, -0.05) is 136 Å². The molecule has 0 aliphatic carbocycles. The average Bonchev–Trinajstić information content (AvgIpc) is 3.18. The number of carbonyl (C=O) groups excluding carboxylic acids is 3. The van der Waals surface area contributed by atoms with Crippen LogP contribution in [0.3, 0.4) is 0 Å². The van der Waals surface area contributed by atoms with E-state index < -0.39 is 56.7 Å². The van der Waals surface area contributed by atoms with E-state index >= 15 is 0 Å². The zero-order valence-corrected chi connectivity index (χ0v) is 31.3. The molecule has 53 heavy (non-hydrogen) atoms. The van der Waals surface area contributed by atoms with Gasteiger partial charge in [0.25, 0.3) is 8.32 Å². The van der Waals surface area contributed by atoms with Gasteiger partial charge in [-0.2, -0.15) is 0 Å². The molecule has 0 saturated carbocycles. The summed E-state index contributed by atoms with van der Waals surface area (Å²) in [6, 6.07) is 45.9. The number of hydrogen-bond acceptors (Lipinski definition) is 8. The van der Waals surface area contributed by atoms with Gasteiger partial charge in [0.15, 0.2) is 18.3 Å². The highest BCUT2D eigenvalue weighted by Crippen LogP contribution is 2.38. The van der Waals surface area contributed by atoms with Crippen LogP contribution in [0.15, 0.2) is 152 Å². The Morgan fingerprint density at radius 1 is 0.528 bits per heavy atom. The lowest BCUT2D eigenvalue weighted by molar-refractivity contribution is -0.223. The fraction of sp³-hybridized carbons (Fsp3) is 0.250. The quantitative estimate of drug-likeness (QED) is 0.0813. The van der Waals surface area contributed by atoms with E-state index in [1.807, 2.05) is 36.4 Å². The maximum Gasteiger partial charge on any atom is 0.338 e. The first-order valence-electron chi connectivity index (χ1n) is 17.8. The van der Waals surface area contributed by atoms with Crippen molar-refractivity contribution in [1.82, 2.24) is 0 Å². The molecule has 0 bridgehead atoms. The molecule has 9 heteroatoms. The lowest BCUT2D eigenvalue weighted by atomic mass is 9.94. The van der Waals surface area contributed by atoms with Crippen LogP contribution < -0.4 is 10.4 Å². The molecule has 0 amide bonds. The molecule has 1 heterocycles. The smallest absolute Gasteiger partial charge is 0.338 e. The minimum absolute atomic E-state index is 0.0247. The minimum atomic E-state index is -3.10. The summed E-state index contributed by atoms with van der Waals surface area (Å²) in [6.07, 6.45) is -5.37. The summed E-state index contributed by atoms with van der Waals surface area (Å²) in [6.45, 7) is 8.22. The molecule has 0 spiro atoms. The Kier molecular flexibility index (Phi) is 11.7. The lowest BCUT2D eigenvalue weighted by Gasteiger charge is -2.47. The second kappa shape index (κ2) is 16.5. The molecular formula is C44H44O8Si. The number of benzene rings is 5. The Labute approximate surface area is 311 Å². The van der Waals surface area contributed by atoms with Gasteiger partial charge in [-0.3, -0.25) is 0 Å². The number of ether oxygens (including phenoxy) is 4. The maximum atomic E-state index is 13.8. The van der Waals surface area contributed by atoms with Crippen molar-refractivity contribution >= 4 is 36.6 Å². The second-order valence-electron chi connectivity index (χ2n) is 14.1. The molecule has 8 nitrogen and oxygen atoms in total. The summed E-state index contributed by atoms with van der Waals surface area (Å²) in [5.74, 6) is -1.96. The molecule has 1 aliphatic heterocycles. The molecule has 0 radical (unpaired) electrons. The highest BCUT2D eigenvalue weighted by Gasteiger charge is 2.54. The van der Waals surface area contributed by atoms with Gasteiger partial charge in [-0.05, 0) is 58.7 Å². The van der Waals surface area contributed by atoms with Gasteiger partial charge in [0.05, 0.1) is 29.4 Å². The molecule has 272 valence electrons. The van der Waals surface area contributed by atoms with E-state index in [1.54, 1.807) is 97.9 Å². The van der Waals surface area contributed by atoms with Crippen LogP contribution in [0.2, 0.25) is 5.04 Å². The molecule has 5 aromatic carbocycles. The van der Waals surface area contributed by atoms with Gasteiger partial charge in [0.1, 0.15) is 6.10 Å². The minimum Gasteiger partial charge on any atom is -0.452 e. The third-order valence-corrected chi connectivity index (χ3v) is 14.5. The number of rotatable bonds is 11. The SMILES string of the molecule is C[C@@H]1OC(CO[Si](c2ccccc2)(c2ccccc2)C(C)(C)C)[C@H](OC(=O)c2ccccc2)[C@H](OC(=O)c2ccccc2)C1OC(=O)c1ccccc1. The van der Waals surface area contributed by atoms with Gasteiger partial charge >= 0.3 is 17.9 Å². The highest BCUT2D eigenvalue weighted by molar-refractivity contribution is 6.99. The molecule has 1 fully saturated rings. The van der Waals surface area contributed by atoms with E-state index in [-0.39, 0.29) is 17.2 Å². The van der Waals surface area contributed by atoms with Crippen molar-refractivity contribution in [3.63, 3.8) is 0 Å². The zero-order valence-electron chi connectivity index (χ0n) is 30.3. The first-order chi connectivity index (χ1) is 25.6. The van der Waals surface area contributed by atoms with E-state index in [9.17, 15) is 14.4 Å². The molecule has 5 aromatic rings. The van der Waals surface area contributed by atoms with E-state index in [2.05, 4.69) is 45.0 Å². The maximum absolute atomic E-state index is 13.8. The van der Waals surface area contributed by atoms with Crippen LogP contribution >= 0.6 is 0 Å². The van der Waals surface area contributed by atoms with Crippen molar-refractivity contribution in [3.8, 4) is 0 Å². The van der Waals surface area contributed by atoms with Gasteiger partial charge in [0, 0.05) is 0 Å². The molecule has 1 aliphatic rings. The molecule has 2 unspecified atom stereocenters. The van der Waals surface area contributed by atoms with Crippen molar-refractivity contribution in [2.24, 2.45) is 0 Å². The second-order valence-corrected chi connectivity index (χ2v) is 18.4. The molecule has 0 N–H and O–H groups in total. The summed E-state index contributed by atoms with van der Waals surface area (Å²) >= 11 is 0. The molecule has 0 aromatic heterocycles. The topological polar surface area (TPSA) is 97.4 Å². The summed E-state index contributed by atoms with van der Waals surface area (Å²) in [5.41, 5.74) is 0.888. The standard InChI is InChI=1S/C44H44O8Si/c1-31-38(50-41(45)32-20-10-5-11-21-32)40(52-43(47)34-24-14-7-15-25-34)39(51-42(46)33-22-12-6-13-23-33)37(49-31)30-48-53(44(2,3)4,35-26-16-8-17-27-35)36-28-18-9-19-29-36/h5-29,31,37-40H,30H2,1-4H3/t31-,37?,38?,39-,40+/m0/s1. The average molecular weight is 729 g/mol. The predicted molar refractivity (Wildman–Crippen MR) is 205 cm³/mol. The summed E-state index contributed by atoms with van der Waals surface area (Å²) < 4.78 is 32.5. The van der Waals surface area contributed by atoms with E-state index in [0.717, 1.165) is 10.4 Å². The Bertz CT molecular complexity index is 1910. The Hall–Kier alpha value is -5.35. The Morgan fingerprint density at radius 2 is 0.868 bits per heavy atom.